The molecule has 26 rings (SSSR count). The number of furan rings is 4. The average Bonchev–Trinajstić information content (AvgIpc) is 1.53. The van der Waals surface area contributed by atoms with Gasteiger partial charge in [0.15, 0.2) is 0 Å². The number of allylic oxidation sites excluding steroid dienone is 6. The summed E-state index contributed by atoms with van der Waals surface area (Å²) in [5.74, 6) is 2.68. The topological polar surface area (TPSA) is 59.0 Å². The van der Waals surface area contributed by atoms with Crippen molar-refractivity contribution in [2.45, 2.75) is 43.4 Å². The fourth-order valence-corrected chi connectivity index (χ4v) is 22.1. The Kier molecular flexibility index (Phi) is 17.9. The molecule has 0 saturated heterocycles. The molecule has 18 aromatic carbocycles. The van der Waals surface area contributed by atoms with Crippen molar-refractivity contribution >= 4 is 123 Å². The number of benzene rings is 18. The Morgan fingerprint density at radius 1 is 0.295 bits per heavy atom. The Bertz CT molecular complexity index is 8460. The second kappa shape index (κ2) is 30.9. The van der Waals surface area contributed by atoms with Crippen molar-refractivity contribution in [2.24, 2.45) is 5.92 Å². The maximum atomic E-state index is 7.21. The van der Waals surface area contributed by atoms with Gasteiger partial charge in [0.2, 0.25) is 0 Å². The highest BCUT2D eigenvalue weighted by Crippen LogP contribution is 2.56. The van der Waals surface area contributed by atoms with Crippen molar-refractivity contribution in [1.82, 2.24) is 0 Å². The molecular weight excluding hydrogens is 1610 g/mol. The molecule has 0 saturated carbocycles. The van der Waals surface area contributed by atoms with Crippen molar-refractivity contribution < 1.29 is 17.7 Å². The minimum absolute atomic E-state index is 0.0747. The van der Waals surface area contributed by atoms with Gasteiger partial charge in [0.1, 0.15) is 45.0 Å². The Balaban J connectivity index is 0.518. The van der Waals surface area contributed by atoms with Gasteiger partial charge in [-0.15, -0.1) is 0 Å². The third-order valence-corrected chi connectivity index (χ3v) is 28.7. The van der Waals surface area contributed by atoms with Crippen molar-refractivity contribution in [3.8, 4) is 89.0 Å². The Morgan fingerprint density at radius 2 is 0.758 bits per heavy atom. The molecule has 0 spiro atoms. The van der Waals surface area contributed by atoms with Gasteiger partial charge >= 0.3 is 0 Å². The number of rotatable bonds is 15. The van der Waals surface area contributed by atoms with E-state index in [0.29, 0.717) is 5.92 Å². The Morgan fingerprint density at radius 3 is 1.34 bits per heavy atom. The first-order chi connectivity index (χ1) is 65.2. The minimum atomic E-state index is -0.548. The molecule has 0 amide bonds. The van der Waals surface area contributed by atoms with Crippen LogP contribution in [0.1, 0.15) is 76.5 Å². The Labute approximate surface area is 765 Å². The highest BCUT2D eigenvalue weighted by molar-refractivity contribution is 6.23. The van der Waals surface area contributed by atoms with Gasteiger partial charge in [-0.05, 0) is 228 Å². The standard InChI is InChI=1S/C126H86N2O4/c1-78-102(71-53-91-56-74-116-121(117(78)91)111-32-18-30-107(123(111)131-116)89-49-65-99(66-50-89)127(96-59-43-85(44-60-96)83-39-35-81(36-40-83)79-19-5-3-6-20-79)98-63-47-88(48-64-98)106-29-17-31-110-118-103-25-11-9-23-87(103)55-73-115(118)130-122(106)110)93-54-72-105-94(75-93)77-126(2,125-120(105)109-28-14-16-34-114(109)132-125)95-57-69-101(70-58-95)128(97-61-45-86(46-62-97)84-41-37-82(38-42-84)80-21-7-4-8-22-80)100-67-51-90(52-68-100)112-76-92-24-10-12-26-104(92)119-108-27-13-15-33-113(108)129-124(112)119/h3-76,78,87,102-103H,77H2,1-2H3. The highest BCUT2D eigenvalue weighted by Gasteiger charge is 2.42. The van der Waals surface area contributed by atoms with Crippen LogP contribution in [0.4, 0.5) is 34.1 Å². The van der Waals surface area contributed by atoms with E-state index in [4.69, 9.17) is 17.7 Å². The maximum absolute atomic E-state index is 7.21. The van der Waals surface area contributed by atoms with Crippen LogP contribution in [-0.2, 0) is 11.8 Å². The molecule has 22 aromatic rings. The summed E-state index contributed by atoms with van der Waals surface area (Å²) in [7, 11) is 0. The summed E-state index contributed by atoms with van der Waals surface area (Å²) in [4.78, 5) is 4.75. The number of hydrogen-bond acceptors (Lipinski definition) is 6. The molecule has 4 heterocycles. The lowest BCUT2D eigenvalue weighted by atomic mass is 9.67. The third-order valence-electron chi connectivity index (χ3n) is 28.7. The van der Waals surface area contributed by atoms with Gasteiger partial charge in [-0.25, -0.2) is 0 Å². The van der Waals surface area contributed by atoms with Gasteiger partial charge < -0.3 is 27.5 Å². The first kappa shape index (κ1) is 76.7. The zero-order chi connectivity index (χ0) is 87.2. The Hall–Kier alpha value is -16.5. The van der Waals surface area contributed by atoms with Gasteiger partial charge in [0.05, 0.1) is 5.41 Å². The molecule has 0 radical (unpaired) electrons. The van der Waals surface area contributed by atoms with E-state index in [1.807, 2.05) is 0 Å². The summed E-state index contributed by atoms with van der Waals surface area (Å²) in [6, 6.07) is 146. The van der Waals surface area contributed by atoms with Crippen LogP contribution in [0, 0.1) is 5.92 Å². The van der Waals surface area contributed by atoms with Crippen LogP contribution < -0.4 is 9.80 Å². The van der Waals surface area contributed by atoms with Crippen molar-refractivity contribution in [2.75, 3.05) is 9.80 Å². The predicted molar refractivity (Wildman–Crippen MR) is 548 cm³/mol. The summed E-state index contributed by atoms with van der Waals surface area (Å²) < 4.78 is 28.0. The first-order valence-corrected chi connectivity index (χ1v) is 46.0. The van der Waals surface area contributed by atoms with Crippen molar-refractivity contribution in [3.63, 3.8) is 0 Å². The molecule has 4 aliphatic rings. The molecule has 0 N–H and O–H groups in total. The highest BCUT2D eigenvalue weighted by atomic mass is 16.3. The lowest BCUT2D eigenvalue weighted by Gasteiger charge is -2.36. The fourth-order valence-electron chi connectivity index (χ4n) is 22.1. The van der Waals surface area contributed by atoms with Crippen LogP contribution in [0.3, 0.4) is 0 Å². The molecule has 132 heavy (non-hydrogen) atoms. The smallest absolute Gasteiger partial charge is 0.143 e. The molecule has 4 aromatic heterocycles. The zero-order valence-corrected chi connectivity index (χ0v) is 72.8. The molecule has 5 unspecified atom stereocenters. The number of nitrogens with zero attached hydrogens (tertiary/aromatic N) is 2. The molecule has 0 bridgehead atoms. The van der Waals surface area contributed by atoms with Gasteiger partial charge in [0.25, 0.3) is 0 Å². The molecule has 4 aliphatic carbocycles. The van der Waals surface area contributed by atoms with E-state index in [9.17, 15) is 0 Å². The van der Waals surface area contributed by atoms with Crippen LogP contribution in [0.2, 0.25) is 0 Å². The lowest BCUT2D eigenvalue weighted by molar-refractivity contribution is 0.421. The summed E-state index contributed by atoms with van der Waals surface area (Å²) in [5, 5.41) is 9.20. The molecule has 0 fully saturated rings. The van der Waals surface area contributed by atoms with Crippen LogP contribution in [-0.4, -0.2) is 0 Å². The number of hydrogen-bond donors (Lipinski definition) is 0. The molecule has 6 heteroatoms. The van der Waals surface area contributed by atoms with Gasteiger partial charge in [-0.2, -0.15) is 0 Å². The van der Waals surface area contributed by atoms with E-state index in [1.54, 1.807) is 0 Å². The number of anilines is 6. The van der Waals surface area contributed by atoms with E-state index in [1.165, 1.54) is 88.3 Å². The van der Waals surface area contributed by atoms with Gasteiger partial charge in [0, 0.05) is 112 Å². The van der Waals surface area contributed by atoms with Crippen molar-refractivity contribution in [3.05, 3.63) is 482 Å². The molecule has 0 aliphatic heterocycles. The maximum Gasteiger partial charge on any atom is 0.143 e. The summed E-state index contributed by atoms with van der Waals surface area (Å²) >= 11 is 0. The second-order valence-electron chi connectivity index (χ2n) is 36.2. The quantitative estimate of drug-likeness (QED) is 0.102. The average molecular weight is 1690 g/mol. The van der Waals surface area contributed by atoms with E-state index in [2.05, 4.69) is 473 Å². The predicted octanol–water partition coefficient (Wildman–Crippen LogP) is 35.0. The monoisotopic (exact) mass is 1690 g/mol. The van der Waals surface area contributed by atoms with Crippen LogP contribution in [0.15, 0.2) is 455 Å². The molecule has 624 valence electrons. The molecule has 5 atom stereocenters. The SMILES string of the molecule is CC1c2c(ccc3oc4c(-c5ccc(N(c6ccc(-c7ccc(-c8ccccc8)cc7)cc6)c6ccc(-c7cccc8c9c(oc78)C=CC7C=CC=CC97)cc6)cc5)cccc4c23)C=CC1c1ccc2c(c1)CC(C)(c1ccc(N(c3ccc(-c4ccc(-c5ccccc5)cc4)cc3)c3ccc(-c4cc5ccccc5c5c4oc4ccccc45)cc3)cc1)c1oc3ccccc3c1-2. The summed E-state index contributed by atoms with van der Waals surface area (Å²) in [5.41, 5.74) is 36.9. The van der Waals surface area contributed by atoms with Gasteiger partial charge in [-0.1, -0.05) is 353 Å². The van der Waals surface area contributed by atoms with Crippen molar-refractivity contribution in [1.29, 1.82) is 0 Å². The second-order valence-corrected chi connectivity index (χ2v) is 36.2. The normalized spacial score (nSPS) is 16.4. The van der Waals surface area contributed by atoms with Gasteiger partial charge in [-0.3, -0.25) is 0 Å². The molecule has 6 nitrogen and oxygen atoms in total. The minimum Gasteiger partial charge on any atom is -0.459 e. The lowest BCUT2D eigenvalue weighted by Crippen LogP contribution is -2.30. The largest absolute Gasteiger partial charge is 0.459 e. The van der Waals surface area contributed by atoms with E-state index in [0.717, 1.165) is 163 Å². The van der Waals surface area contributed by atoms with Crippen LogP contribution >= 0.6 is 0 Å². The van der Waals surface area contributed by atoms with E-state index in [-0.39, 0.29) is 17.8 Å². The molecular formula is C126H86N2O4. The van der Waals surface area contributed by atoms with Crippen LogP contribution in [0.25, 0.3) is 178 Å². The third kappa shape index (κ3) is 12.7. The fraction of sp³-hybridized carbons (Fsp3) is 0.0635. The number of para-hydroxylation sites is 4. The van der Waals surface area contributed by atoms with E-state index < -0.39 is 5.41 Å². The van der Waals surface area contributed by atoms with E-state index >= 15 is 0 Å². The first-order valence-electron chi connectivity index (χ1n) is 46.0. The van der Waals surface area contributed by atoms with Crippen LogP contribution in [0.5, 0.6) is 0 Å². The summed E-state index contributed by atoms with van der Waals surface area (Å²) in [6.45, 7) is 4.81. The zero-order valence-electron chi connectivity index (χ0n) is 72.8. The number of fused-ring (bicyclic) bond motifs is 20. The summed E-state index contributed by atoms with van der Waals surface area (Å²) in [6.07, 6.45) is 18.9.